The van der Waals surface area contributed by atoms with Crippen LogP contribution in [0.25, 0.3) is 0 Å². The molecule has 1 amide bonds. The quantitative estimate of drug-likeness (QED) is 0.879. The molecule has 0 bridgehead atoms. The van der Waals surface area contributed by atoms with Crippen molar-refractivity contribution in [3.8, 4) is 0 Å². The molecule has 3 rings (SSSR count). The van der Waals surface area contributed by atoms with E-state index in [1.165, 1.54) is 16.7 Å². The van der Waals surface area contributed by atoms with Crippen molar-refractivity contribution in [2.45, 2.75) is 45.2 Å². The van der Waals surface area contributed by atoms with Crippen molar-refractivity contribution in [2.24, 2.45) is 0 Å². The lowest BCUT2D eigenvalue weighted by Gasteiger charge is -2.37. The van der Waals surface area contributed by atoms with Gasteiger partial charge in [0.25, 0.3) is 0 Å². The second-order valence-electron chi connectivity index (χ2n) is 6.79. The van der Waals surface area contributed by atoms with Crippen LogP contribution in [-0.4, -0.2) is 28.8 Å². The molecule has 1 unspecified atom stereocenters. The van der Waals surface area contributed by atoms with Crippen molar-refractivity contribution >= 4 is 18.3 Å². The summed E-state index contributed by atoms with van der Waals surface area (Å²) in [5, 5.41) is 10.9. The highest BCUT2D eigenvalue weighted by atomic mass is 35.5. The molecule has 1 saturated heterocycles. The Morgan fingerprint density at radius 2 is 2.04 bits per heavy atom. The Morgan fingerprint density at radius 1 is 1.32 bits per heavy atom. The summed E-state index contributed by atoms with van der Waals surface area (Å²) < 4.78 is 1.83. The molecular weight excluding hydrogens is 336 g/mol. The van der Waals surface area contributed by atoms with Gasteiger partial charge in [-0.1, -0.05) is 23.8 Å². The van der Waals surface area contributed by atoms with E-state index in [0.29, 0.717) is 0 Å². The van der Waals surface area contributed by atoms with Crippen LogP contribution >= 0.6 is 12.4 Å². The smallest absolute Gasteiger partial charge is 0.248 e. The summed E-state index contributed by atoms with van der Waals surface area (Å²) in [6.45, 7) is 7.88. The second kappa shape index (κ2) is 8.02. The van der Waals surface area contributed by atoms with Crippen LogP contribution in [0, 0.1) is 13.8 Å². The lowest BCUT2D eigenvalue weighted by molar-refractivity contribution is -0.132. The monoisotopic (exact) mass is 362 g/mol. The average Bonchev–Trinajstić information content (AvgIpc) is 3.10. The molecule has 1 aliphatic heterocycles. The summed E-state index contributed by atoms with van der Waals surface area (Å²) in [6.07, 6.45) is 5.14. The first kappa shape index (κ1) is 19.5. The number of halogens is 1. The summed E-state index contributed by atoms with van der Waals surface area (Å²) >= 11 is 0. The standard InChI is InChI=1S/C19H26N4O.ClH/c1-14-5-6-17(15(2)13-14)16(3)22-18(24)19(7-10-20-11-8-19)23-12-4-9-21-23;/h4-6,9,12-13,16,20H,7-8,10-11H2,1-3H3,(H,22,24);1H. The molecular formula is C19H27ClN4O. The van der Waals surface area contributed by atoms with Crippen molar-refractivity contribution in [3.05, 3.63) is 53.3 Å². The minimum Gasteiger partial charge on any atom is -0.347 e. The predicted octanol–water partition coefficient (Wildman–Crippen LogP) is 2.88. The molecule has 0 aliphatic carbocycles. The molecule has 2 N–H and O–H groups in total. The third-order valence-electron chi connectivity index (χ3n) is 5.04. The molecule has 1 aliphatic rings. The van der Waals surface area contributed by atoms with Gasteiger partial charge in [0.2, 0.25) is 5.91 Å². The van der Waals surface area contributed by atoms with E-state index >= 15 is 0 Å². The number of hydrogen-bond acceptors (Lipinski definition) is 3. The van der Waals surface area contributed by atoms with Gasteiger partial charge in [0.1, 0.15) is 5.54 Å². The van der Waals surface area contributed by atoms with E-state index in [9.17, 15) is 4.79 Å². The molecule has 1 aromatic heterocycles. The van der Waals surface area contributed by atoms with Crippen LogP contribution in [0.4, 0.5) is 0 Å². The van der Waals surface area contributed by atoms with Gasteiger partial charge in [-0.3, -0.25) is 9.48 Å². The fraction of sp³-hybridized carbons (Fsp3) is 0.474. The Bertz CT molecular complexity index is 708. The van der Waals surface area contributed by atoms with Gasteiger partial charge in [0.05, 0.1) is 6.04 Å². The van der Waals surface area contributed by atoms with Crippen LogP contribution in [0.15, 0.2) is 36.7 Å². The fourth-order valence-electron chi connectivity index (χ4n) is 3.64. The normalized spacial score (nSPS) is 17.4. The number of piperidine rings is 1. The molecule has 6 heteroatoms. The van der Waals surface area contributed by atoms with Gasteiger partial charge in [0, 0.05) is 12.4 Å². The number of carbonyl (C=O) groups is 1. The maximum absolute atomic E-state index is 13.2. The Morgan fingerprint density at radius 3 is 2.64 bits per heavy atom. The Balaban J connectivity index is 0.00000225. The number of amides is 1. The van der Waals surface area contributed by atoms with Crippen molar-refractivity contribution in [2.75, 3.05) is 13.1 Å². The second-order valence-corrected chi connectivity index (χ2v) is 6.79. The first-order chi connectivity index (χ1) is 11.5. The summed E-state index contributed by atoms with van der Waals surface area (Å²) in [6, 6.07) is 8.22. The fourth-order valence-corrected chi connectivity index (χ4v) is 3.64. The van der Waals surface area contributed by atoms with E-state index < -0.39 is 5.54 Å². The average molecular weight is 363 g/mol. The van der Waals surface area contributed by atoms with E-state index in [-0.39, 0.29) is 24.4 Å². The number of hydrogen-bond donors (Lipinski definition) is 2. The number of nitrogens with zero attached hydrogens (tertiary/aromatic N) is 2. The van der Waals surface area contributed by atoms with Crippen molar-refractivity contribution in [3.63, 3.8) is 0 Å². The number of aryl methyl sites for hydroxylation is 2. The van der Waals surface area contributed by atoms with Crippen LogP contribution in [0.2, 0.25) is 0 Å². The highest BCUT2D eigenvalue weighted by Crippen LogP contribution is 2.29. The highest BCUT2D eigenvalue weighted by molar-refractivity contribution is 5.85. The van der Waals surface area contributed by atoms with Gasteiger partial charge in [-0.15, -0.1) is 12.4 Å². The van der Waals surface area contributed by atoms with Crippen LogP contribution in [0.3, 0.4) is 0 Å². The topological polar surface area (TPSA) is 59.0 Å². The van der Waals surface area contributed by atoms with Crippen LogP contribution < -0.4 is 10.6 Å². The van der Waals surface area contributed by atoms with Crippen molar-refractivity contribution in [1.82, 2.24) is 20.4 Å². The third kappa shape index (κ3) is 3.88. The largest absolute Gasteiger partial charge is 0.347 e. The van der Waals surface area contributed by atoms with Crippen LogP contribution in [0.5, 0.6) is 0 Å². The predicted molar refractivity (Wildman–Crippen MR) is 102 cm³/mol. The molecule has 1 atom stereocenters. The molecule has 0 saturated carbocycles. The zero-order valence-corrected chi connectivity index (χ0v) is 15.9. The van der Waals surface area contributed by atoms with E-state index in [0.717, 1.165) is 25.9 Å². The molecule has 2 heterocycles. The number of rotatable bonds is 4. The van der Waals surface area contributed by atoms with Gasteiger partial charge in [-0.2, -0.15) is 5.10 Å². The molecule has 136 valence electrons. The van der Waals surface area contributed by atoms with Crippen molar-refractivity contribution < 1.29 is 4.79 Å². The van der Waals surface area contributed by atoms with E-state index in [2.05, 4.69) is 47.8 Å². The van der Waals surface area contributed by atoms with E-state index in [4.69, 9.17) is 0 Å². The Hall–Kier alpha value is -1.85. The summed E-state index contributed by atoms with van der Waals surface area (Å²) in [4.78, 5) is 13.2. The Kier molecular flexibility index (Phi) is 6.25. The first-order valence-corrected chi connectivity index (χ1v) is 8.62. The minimum atomic E-state index is -0.596. The lowest BCUT2D eigenvalue weighted by Crippen LogP contribution is -2.55. The summed E-state index contributed by atoms with van der Waals surface area (Å²) in [7, 11) is 0. The van der Waals surface area contributed by atoms with Gasteiger partial charge in [-0.05, 0) is 63.9 Å². The van der Waals surface area contributed by atoms with Gasteiger partial charge in [0.15, 0.2) is 0 Å². The number of nitrogens with one attached hydrogen (secondary N) is 2. The van der Waals surface area contributed by atoms with Crippen LogP contribution in [0.1, 0.15) is 42.5 Å². The van der Waals surface area contributed by atoms with Crippen LogP contribution in [-0.2, 0) is 10.3 Å². The number of aromatic nitrogens is 2. The SMILES string of the molecule is Cc1ccc(C(C)NC(=O)C2(n3cccn3)CCNCC2)c(C)c1.Cl. The van der Waals surface area contributed by atoms with Crippen molar-refractivity contribution in [1.29, 1.82) is 0 Å². The maximum Gasteiger partial charge on any atom is 0.248 e. The number of carbonyl (C=O) groups excluding carboxylic acids is 1. The van der Waals surface area contributed by atoms with E-state index in [1.807, 2.05) is 23.9 Å². The molecule has 0 radical (unpaired) electrons. The van der Waals surface area contributed by atoms with Gasteiger partial charge in [-0.25, -0.2) is 0 Å². The summed E-state index contributed by atoms with van der Waals surface area (Å²) in [5.74, 6) is 0.0557. The Labute approximate surface area is 155 Å². The lowest BCUT2D eigenvalue weighted by atomic mass is 9.86. The highest BCUT2D eigenvalue weighted by Gasteiger charge is 2.42. The van der Waals surface area contributed by atoms with Gasteiger partial charge >= 0.3 is 0 Å². The zero-order chi connectivity index (χ0) is 17.2. The first-order valence-electron chi connectivity index (χ1n) is 8.62. The van der Waals surface area contributed by atoms with Gasteiger partial charge < -0.3 is 10.6 Å². The number of benzene rings is 1. The molecule has 1 fully saturated rings. The zero-order valence-electron chi connectivity index (χ0n) is 15.1. The molecule has 25 heavy (non-hydrogen) atoms. The molecule has 5 nitrogen and oxygen atoms in total. The van der Waals surface area contributed by atoms with E-state index in [1.54, 1.807) is 6.20 Å². The minimum absolute atomic E-state index is 0. The molecule has 0 spiro atoms. The third-order valence-corrected chi connectivity index (χ3v) is 5.04. The molecule has 1 aromatic carbocycles. The summed E-state index contributed by atoms with van der Waals surface area (Å²) in [5.41, 5.74) is 3.02. The maximum atomic E-state index is 13.2. The molecule has 2 aromatic rings.